The number of thiophene rings is 1. The second-order valence-electron chi connectivity index (χ2n) is 3.06. The summed E-state index contributed by atoms with van der Waals surface area (Å²) in [7, 11) is 0. The van der Waals surface area contributed by atoms with Crippen molar-refractivity contribution in [2.24, 2.45) is 0 Å². The minimum atomic E-state index is -0.335. The number of carbonyl (C=O) groups is 3. The monoisotopic (exact) mass is 305 g/mol. The van der Waals surface area contributed by atoms with Gasteiger partial charge in [-0.2, -0.15) is 0 Å². The molecular formula is C10H11NO3SSe. The van der Waals surface area contributed by atoms with Crippen LogP contribution in [0, 0.1) is 0 Å². The summed E-state index contributed by atoms with van der Waals surface area (Å²) in [4.78, 5) is 34.9. The molecule has 0 aliphatic rings. The van der Waals surface area contributed by atoms with Crippen LogP contribution >= 0.6 is 11.3 Å². The van der Waals surface area contributed by atoms with E-state index in [-0.39, 0.29) is 31.5 Å². The molecule has 0 aliphatic carbocycles. The predicted molar refractivity (Wildman–Crippen MR) is 64.2 cm³/mol. The maximum absolute atomic E-state index is 11.4. The van der Waals surface area contributed by atoms with Crippen molar-refractivity contribution >= 4 is 52.3 Å². The van der Waals surface area contributed by atoms with Crippen LogP contribution in [0.3, 0.4) is 0 Å². The number of imide groups is 1. The van der Waals surface area contributed by atoms with Crippen molar-refractivity contribution in [3.8, 4) is 0 Å². The van der Waals surface area contributed by atoms with Gasteiger partial charge in [-0.15, -0.1) is 0 Å². The zero-order valence-electron chi connectivity index (χ0n) is 9.14. The molecule has 0 aliphatic heterocycles. The van der Waals surface area contributed by atoms with Crippen molar-refractivity contribution < 1.29 is 14.4 Å². The molecule has 0 saturated heterocycles. The second-order valence-corrected chi connectivity index (χ2v) is 6.51. The first-order valence-electron chi connectivity index (χ1n) is 4.50. The summed E-state index contributed by atoms with van der Waals surface area (Å²) in [6, 6.07) is 1.79. The van der Waals surface area contributed by atoms with Gasteiger partial charge in [-0.3, -0.25) is 0 Å². The molecule has 6 heteroatoms. The SMILES string of the molecule is CC(=O)[Se]c1ccsc1N(C(C)=O)C(C)=O. The van der Waals surface area contributed by atoms with Crippen molar-refractivity contribution in [2.75, 3.05) is 4.90 Å². The van der Waals surface area contributed by atoms with Crippen molar-refractivity contribution in [3.63, 3.8) is 0 Å². The third kappa shape index (κ3) is 3.01. The number of amides is 2. The van der Waals surface area contributed by atoms with Crippen molar-refractivity contribution in [2.45, 2.75) is 20.8 Å². The van der Waals surface area contributed by atoms with Gasteiger partial charge in [0, 0.05) is 0 Å². The fourth-order valence-corrected chi connectivity index (χ4v) is 4.10. The maximum atomic E-state index is 11.4. The Morgan fingerprint density at radius 2 is 1.75 bits per heavy atom. The number of hydrogen-bond donors (Lipinski definition) is 0. The van der Waals surface area contributed by atoms with E-state index < -0.39 is 0 Å². The van der Waals surface area contributed by atoms with Gasteiger partial charge in [-0.1, -0.05) is 0 Å². The molecule has 0 atom stereocenters. The van der Waals surface area contributed by atoms with E-state index in [4.69, 9.17) is 0 Å². The number of anilines is 1. The van der Waals surface area contributed by atoms with E-state index in [1.807, 2.05) is 0 Å². The van der Waals surface area contributed by atoms with Gasteiger partial charge in [0.1, 0.15) is 0 Å². The average molecular weight is 304 g/mol. The molecule has 1 aromatic rings. The topological polar surface area (TPSA) is 54.5 Å². The molecule has 4 nitrogen and oxygen atoms in total. The number of nitrogens with zero attached hydrogens (tertiary/aromatic N) is 1. The van der Waals surface area contributed by atoms with Crippen LogP contribution in [-0.2, 0) is 14.4 Å². The summed E-state index contributed by atoms with van der Waals surface area (Å²) in [5.74, 6) is -0.647. The minimum absolute atomic E-state index is 0.0687. The molecule has 1 rings (SSSR count). The number of hydrogen-bond acceptors (Lipinski definition) is 4. The molecule has 0 unspecified atom stereocenters. The number of rotatable bonds is 3. The molecule has 86 valence electrons. The summed E-state index contributed by atoms with van der Waals surface area (Å²) >= 11 is 0.969. The van der Waals surface area contributed by atoms with Crippen molar-refractivity contribution in [1.29, 1.82) is 0 Å². The first-order valence-corrected chi connectivity index (χ1v) is 7.10. The summed E-state index contributed by atoms with van der Waals surface area (Å²) in [5, 5.41) is 2.36. The third-order valence-corrected chi connectivity index (χ3v) is 4.64. The molecule has 1 aromatic heterocycles. The molecule has 0 fully saturated rings. The number of carbonyl (C=O) groups excluding carboxylic acids is 3. The standard InChI is InChI=1S/C10H11NO3SSe/c1-6(12)11(7(2)13)10-9(4-5-15-10)16-8(3)14/h4-5H,1-3H3. The van der Waals surface area contributed by atoms with Crippen LogP contribution in [-0.4, -0.2) is 31.5 Å². The Bertz CT molecular complexity index is 427. The Morgan fingerprint density at radius 1 is 1.19 bits per heavy atom. The molecule has 16 heavy (non-hydrogen) atoms. The van der Waals surface area contributed by atoms with Gasteiger partial charge >= 0.3 is 104 Å². The Labute approximate surface area is 104 Å². The second kappa shape index (κ2) is 5.39. The van der Waals surface area contributed by atoms with E-state index in [9.17, 15) is 14.4 Å². The normalized spacial score (nSPS) is 9.94. The van der Waals surface area contributed by atoms with E-state index in [0.717, 1.165) is 9.36 Å². The quantitative estimate of drug-likeness (QED) is 0.765. The molecule has 0 aromatic carbocycles. The third-order valence-electron chi connectivity index (χ3n) is 1.70. The summed E-state index contributed by atoms with van der Waals surface area (Å²) in [5.41, 5.74) is 0. The van der Waals surface area contributed by atoms with Gasteiger partial charge in [0.05, 0.1) is 0 Å². The van der Waals surface area contributed by atoms with Gasteiger partial charge in [-0.25, -0.2) is 0 Å². The van der Waals surface area contributed by atoms with Gasteiger partial charge in [0.2, 0.25) is 0 Å². The predicted octanol–water partition coefficient (Wildman–Crippen LogP) is 0.524. The fourth-order valence-electron chi connectivity index (χ4n) is 1.19. The van der Waals surface area contributed by atoms with Gasteiger partial charge in [0.25, 0.3) is 0 Å². The van der Waals surface area contributed by atoms with Crippen LogP contribution in [0.4, 0.5) is 5.00 Å². The van der Waals surface area contributed by atoms with Gasteiger partial charge in [-0.05, 0) is 0 Å². The first kappa shape index (κ1) is 13.1. The van der Waals surface area contributed by atoms with E-state index in [1.54, 1.807) is 11.4 Å². The van der Waals surface area contributed by atoms with E-state index in [1.165, 1.54) is 32.1 Å². The fraction of sp³-hybridized carbons (Fsp3) is 0.300. The molecule has 0 saturated carbocycles. The van der Waals surface area contributed by atoms with Gasteiger partial charge in [0.15, 0.2) is 0 Å². The Hall–Kier alpha value is -0.971. The van der Waals surface area contributed by atoms with Crippen LogP contribution in [0.1, 0.15) is 20.8 Å². The average Bonchev–Trinajstić information content (AvgIpc) is 2.50. The van der Waals surface area contributed by atoms with Crippen LogP contribution in [0.15, 0.2) is 11.4 Å². The van der Waals surface area contributed by atoms with E-state index in [2.05, 4.69) is 0 Å². The van der Waals surface area contributed by atoms with Crippen LogP contribution < -0.4 is 9.36 Å². The molecule has 2 amide bonds. The summed E-state index contributed by atoms with van der Waals surface area (Å²) in [6.07, 6.45) is 0. The summed E-state index contributed by atoms with van der Waals surface area (Å²) in [6.45, 7) is 4.19. The van der Waals surface area contributed by atoms with Gasteiger partial charge < -0.3 is 0 Å². The Morgan fingerprint density at radius 3 is 2.19 bits per heavy atom. The summed E-state index contributed by atoms with van der Waals surface area (Å²) < 4.78 is 0.856. The molecule has 0 radical (unpaired) electrons. The molecule has 0 spiro atoms. The first-order chi connectivity index (χ1) is 7.43. The van der Waals surface area contributed by atoms with Crippen LogP contribution in [0.25, 0.3) is 0 Å². The Kier molecular flexibility index (Phi) is 4.41. The zero-order valence-corrected chi connectivity index (χ0v) is 11.7. The van der Waals surface area contributed by atoms with E-state index in [0.29, 0.717) is 5.00 Å². The molecule has 0 N–H and O–H groups in total. The molecule has 0 bridgehead atoms. The Balaban J connectivity index is 3.10. The molecular weight excluding hydrogens is 293 g/mol. The van der Waals surface area contributed by atoms with Crippen molar-refractivity contribution in [1.82, 2.24) is 0 Å². The zero-order chi connectivity index (χ0) is 12.3. The van der Waals surface area contributed by atoms with Crippen LogP contribution in [0.2, 0.25) is 0 Å². The van der Waals surface area contributed by atoms with E-state index >= 15 is 0 Å². The van der Waals surface area contributed by atoms with Crippen molar-refractivity contribution in [3.05, 3.63) is 11.4 Å². The molecule has 1 heterocycles. The van der Waals surface area contributed by atoms with Crippen LogP contribution in [0.5, 0.6) is 0 Å².